The van der Waals surface area contributed by atoms with Gasteiger partial charge in [0.15, 0.2) is 17.3 Å². The van der Waals surface area contributed by atoms with Gasteiger partial charge in [0.05, 0.1) is 7.11 Å². The van der Waals surface area contributed by atoms with E-state index in [9.17, 15) is 9.59 Å². The van der Waals surface area contributed by atoms with Crippen LogP contribution in [-0.4, -0.2) is 25.8 Å². The van der Waals surface area contributed by atoms with Crippen molar-refractivity contribution in [3.05, 3.63) is 82.4 Å². The highest BCUT2D eigenvalue weighted by Gasteiger charge is 2.22. The Morgan fingerprint density at radius 1 is 0.969 bits per heavy atom. The number of aryl methyl sites for hydroxylation is 2. The van der Waals surface area contributed by atoms with Crippen LogP contribution in [0.5, 0.6) is 11.5 Å². The predicted octanol–water partition coefficient (Wildman–Crippen LogP) is 4.99. The van der Waals surface area contributed by atoms with Crippen LogP contribution in [-0.2, 0) is 19.4 Å². The molecular weight excluding hydrogens is 402 g/mol. The first kappa shape index (κ1) is 21.6. The molecule has 0 saturated heterocycles. The van der Waals surface area contributed by atoms with E-state index in [1.165, 1.54) is 0 Å². The monoisotopic (exact) mass is 429 g/mol. The van der Waals surface area contributed by atoms with E-state index >= 15 is 0 Å². The Labute approximate surface area is 188 Å². The van der Waals surface area contributed by atoms with Crippen LogP contribution in [0.25, 0.3) is 11.1 Å². The molecule has 0 radical (unpaired) electrons. The minimum absolute atomic E-state index is 0.118. The highest BCUT2D eigenvalue weighted by molar-refractivity contribution is 6.01. The number of ether oxygens (including phenoxy) is 2. The van der Waals surface area contributed by atoms with Gasteiger partial charge in [-0.25, -0.2) is 0 Å². The maximum atomic E-state index is 12.0. The van der Waals surface area contributed by atoms with Gasteiger partial charge >= 0.3 is 0 Å². The van der Waals surface area contributed by atoms with Gasteiger partial charge < -0.3 is 14.8 Å². The second kappa shape index (κ2) is 9.27. The van der Waals surface area contributed by atoms with E-state index in [1.54, 1.807) is 26.3 Å². The summed E-state index contributed by atoms with van der Waals surface area (Å²) in [6.07, 6.45) is 2.17. The van der Waals surface area contributed by atoms with Crippen molar-refractivity contribution in [2.75, 3.05) is 14.2 Å². The summed E-state index contributed by atoms with van der Waals surface area (Å²) in [6.45, 7) is 2.42. The van der Waals surface area contributed by atoms with Crippen LogP contribution in [0.4, 0.5) is 0 Å². The molecule has 0 atom stereocenters. The van der Waals surface area contributed by atoms with E-state index in [-0.39, 0.29) is 11.7 Å². The van der Waals surface area contributed by atoms with Gasteiger partial charge in [-0.2, -0.15) is 0 Å². The number of carbonyl (C=O) groups excluding carboxylic acids is 2. The summed E-state index contributed by atoms with van der Waals surface area (Å²) in [5.41, 5.74) is 6.47. The fourth-order valence-electron chi connectivity index (χ4n) is 4.15. The van der Waals surface area contributed by atoms with Crippen molar-refractivity contribution in [3.8, 4) is 22.6 Å². The third-order valence-electron chi connectivity index (χ3n) is 5.94. The molecule has 0 spiro atoms. The van der Waals surface area contributed by atoms with Gasteiger partial charge in [-0.15, -0.1) is 0 Å². The van der Waals surface area contributed by atoms with Crippen molar-refractivity contribution in [1.82, 2.24) is 5.32 Å². The minimum Gasteiger partial charge on any atom is -0.493 e. The van der Waals surface area contributed by atoms with Gasteiger partial charge in [-0.3, -0.25) is 9.59 Å². The lowest BCUT2D eigenvalue weighted by molar-refractivity contribution is 0.0961. The summed E-state index contributed by atoms with van der Waals surface area (Å²) in [6, 6.07) is 17.5. The normalized spacial score (nSPS) is 12.4. The van der Waals surface area contributed by atoms with Crippen LogP contribution in [0.15, 0.2) is 54.6 Å². The Hall–Kier alpha value is -3.60. The van der Waals surface area contributed by atoms with Crippen LogP contribution < -0.4 is 14.8 Å². The summed E-state index contributed by atoms with van der Waals surface area (Å²) in [4.78, 5) is 23.8. The molecule has 0 aromatic heterocycles. The first-order chi connectivity index (χ1) is 15.5. The molecule has 32 heavy (non-hydrogen) atoms. The van der Waals surface area contributed by atoms with E-state index in [1.807, 2.05) is 24.3 Å². The molecule has 3 aromatic rings. The van der Waals surface area contributed by atoms with Crippen molar-refractivity contribution < 1.29 is 19.1 Å². The number of Topliss-reactive ketones (excluding diaryl/α,β-unsaturated/α-hetero) is 1. The van der Waals surface area contributed by atoms with Gasteiger partial charge in [0.25, 0.3) is 5.91 Å². The highest BCUT2D eigenvalue weighted by Crippen LogP contribution is 2.42. The molecule has 0 heterocycles. The molecule has 1 aliphatic rings. The van der Waals surface area contributed by atoms with Crippen molar-refractivity contribution in [3.63, 3.8) is 0 Å². The number of ketones is 1. The zero-order chi connectivity index (χ0) is 22.7. The number of benzene rings is 3. The Bertz CT molecular complexity index is 1170. The number of nitrogens with one attached hydrogen (secondary N) is 1. The third kappa shape index (κ3) is 4.11. The minimum atomic E-state index is -0.118. The number of hydrogen-bond donors (Lipinski definition) is 1. The number of amides is 1. The molecule has 0 fully saturated rings. The summed E-state index contributed by atoms with van der Waals surface area (Å²) >= 11 is 0. The molecule has 1 aliphatic carbocycles. The summed E-state index contributed by atoms with van der Waals surface area (Å²) in [5.74, 6) is 1.50. The molecule has 0 unspecified atom stereocenters. The number of rotatable bonds is 7. The zero-order valence-electron chi connectivity index (χ0n) is 18.7. The van der Waals surface area contributed by atoms with E-state index < -0.39 is 0 Å². The molecule has 4 rings (SSSR count). The first-order valence-corrected chi connectivity index (χ1v) is 10.9. The van der Waals surface area contributed by atoms with Crippen LogP contribution in [0.1, 0.15) is 50.8 Å². The molecule has 3 aromatic carbocycles. The number of methoxy groups -OCH3 is 1. The average molecular weight is 430 g/mol. The van der Waals surface area contributed by atoms with Crippen LogP contribution in [0, 0.1) is 0 Å². The Morgan fingerprint density at radius 2 is 1.72 bits per heavy atom. The molecular formula is C27H27NO4. The van der Waals surface area contributed by atoms with Crippen molar-refractivity contribution in [1.29, 1.82) is 0 Å². The number of carbonyl (C=O) groups is 2. The molecule has 1 N–H and O–H groups in total. The largest absolute Gasteiger partial charge is 0.493 e. The zero-order valence-corrected chi connectivity index (χ0v) is 18.7. The Balaban J connectivity index is 1.68. The van der Waals surface area contributed by atoms with E-state index in [2.05, 4.69) is 30.4 Å². The number of fused-ring (bicyclic) bond motifs is 1. The second-order valence-electron chi connectivity index (χ2n) is 7.85. The fourth-order valence-corrected chi connectivity index (χ4v) is 4.15. The fraction of sp³-hybridized carbons (Fsp3) is 0.259. The van der Waals surface area contributed by atoms with Crippen LogP contribution in [0.3, 0.4) is 0 Å². The van der Waals surface area contributed by atoms with E-state index in [4.69, 9.17) is 9.47 Å². The molecule has 164 valence electrons. The third-order valence-corrected chi connectivity index (χ3v) is 5.94. The molecule has 0 saturated carbocycles. The van der Waals surface area contributed by atoms with E-state index in [0.717, 1.165) is 52.0 Å². The molecule has 5 heteroatoms. The van der Waals surface area contributed by atoms with Crippen LogP contribution >= 0.6 is 0 Å². The van der Waals surface area contributed by atoms with Gasteiger partial charge in [0.2, 0.25) is 0 Å². The van der Waals surface area contributed by atoms with Crippen molar-refractivity contribution in [2.45, 2.75) is 32.8 Å². The predicted molar refractivity (Wildman–Crippen MR) is 125 cm³/mol. The van der Waals surface area contributed by atoms with Gasteiger partial charge in [-0.05, 0) is 47.2 Å². The highest BCUT2D eigenvalue weighted by atomic mass is 16.5. The van der Waals surface area contributed by atoms with Crippen molar-refractivity contribution >= 4 is 11.7 Å². The maximum Gasteiger partial charge on any atom is 0.251 e. The SMILES string of the molecule is CCc1ccc(-c2ccc3c(c2)CCC3=O)c(OCc2ccc(C(=O)NC)cc2)c1OC. The van der Waals surface area contributed by atoms with Gasteiger partial charge in [0, 0.05) is 30.2 Å². The lowest BCUT2D eigenvalue weighted by Crippen LogP contribution is -2.17. The Morgan fingerprint density at radius 3 is 2.41 bits per heavy atom. The maximum absolute atomic E-state index is 12.0. The molecule has 1 amide bonds. The van der Waals surface area contributed by atoms with Gasteiger partial charge in [0.1, 0.15) is 6.61 Å². The molecule has 5 nitrogen and oxygen atoms in total. The second-order valence-corrected chi connectivity index (χ2v) is 7.85. The number of hydrogen-bond acceptors (Lipinski definition) is 4. The standard InChI is InChI=1S/C27H27NO4/c1-4-18-9-13-23(21-10-12-22-20(15-21)11-14-24(22)29)26(25(18)31-3)32-16-17-5-7-19(8-6-17)27(30)28-2/h5-10,12-13,15H,4,11,14,16H2,1-3H3,(H,28,30). The smallest absolute Gasteiger partial charge is 0.251 e. The summed E-state index contributed by atoms with van der Waals surface area (Å²) in [7, 11) is 3.27. The average Bonchev–Trinajstić information content (AvgIpc) is 3.21. The summed E-state index contributed by atoms with van der Waals surface area (Å²) < 4.78 is 12.1. The van der Waals surface area contributed by atoms with Crippen molar-refractivity contribution in [2.24, 2.45) is 0 Å². The quantitative estimate of drug-likeness (QED) is 0.575. The van der Waals surface area contributed by atoms with Gasteiger partial charge in [-0.1, -0.05) is 49.4 Å². The topological polar surface area (TPSA) is 64.6 Å². The molecule has 0 aliphatic heterocycles. The first-order valence-electron chi connectivity index (χ1n) is 10.9. The van der Waals surface area contributed by atoms with Crippen LogP contribution in [0.2, 0.25) is 0 Å². The lowest BCUT2D eigenvalue weighted by Gasteiger charge is -2.19. The summed E-state index contributed by atoms with van der Waals surface area (Å²) in [5, 5.41) is 2.62. The van der Waals surface area contributed by atoms with E-state index in [0.29, 0.717) is 24.3 Å². The molecule has 0 bridgehead atoms. The Kier molecular flexibility index (Phi) is 6.26. The lowest BCUT2D eigenvalue weighted by atomic mass is 9.97.